The summed E-state index contributed by atoms with van der Waals surface area (Å²) in [5, 5.41) is 0. The summed E-state index contributed by atoms with van der Waals surface area (Å²) in [5.41, 5.74) is 5.21. The average Bonchev–Trinajstić information content (AvgIpc) is 1.59. The molecule has 0 saturated heterocycles. The van der Waals surface area contributed by atoms with E-state index in [4.69, 9.17) is 5.73 Å². The molecule has 6 heteroatoms. The van der Waals surface area contributed by atoms with Crippen LogP contribution in [0.4, 0.5) is 0 Å². The number of hydrogen-bond acceptors (Lipinski definition) is 4. The summed E-state index contributed by atoms with van der Waals surface area (Å²) < 4.78 is 24.9. The van der Waals surface area contributed by atoms with Gasteiger partial charge in [-0.25, -0.2) is 0 Å². The molecule has 1 atom stereocenters. The fraction of sp³-hybridized carbons (Fsp3) is 1.00. The highest BCUT2D eigenvalue weighted by atomic mass is 35.5. The van der Waals surface area contributed by atoms with Crippen molar-refractivity contribution in [3.8, 4) is 0 Å². The largest absolute Gasteiger partial charge is 0.326 e. The smallest absolute Gasteiger partial charge is 0.264 e. The highest BCUT2D eigenvalue weighted by molar-refractivity contribution is 7.85. The predicted octanol–water partition coefficient (Wildman–Crippen LogP) is -0.268. The quantitative estimate of drug-likeness (QED) is 0.621. The third-order valence-electron chi connectivity index (χ3n) is 0.545. The molecule has 0 heterocycles. The number of halogens is 1. The zero-order valence-corrected chi connectivity index (χ0v) is 7.54. The van der Waals surface area contributed by atoms with Crippen LogP contribution in [-0.2, 0) is 14.3 Å². The van der Waals surface area contributed by atoms with Crippen molar-refractivity contribution in [3.05, 3.63) is 0 Å². The van der Waals surface area contributed by atoms with Crippen LogP contribution in [0.15, 0.2) is 0 Å². The first-order valence-electron chi connectivity index (χ1n) is 2.52. The van der Waals surface area contributed by atoms with Crippen molar-refractivity contribution in [1.82, 2.24) is 0 Å². The molecule has 4 nitrogen and oxygen atoms in total. The average molecular weight is 190 g/mol. The van der Waals surface area contributed by atoms with Gasteiger partial charge < -0.3 is 5.73 Å². The Kier molecular flexibility index (Phi) is 6.27. The van der Waals surface area contributed by atoms with E-state index in [0.29, 0.717) is 0 Å². The van der Waals surface area contributed by atoms with Crippen molar-refractivity contribution in [2.24, 2.45) is 5.73 Å². The van der Waals surface area contributed by atoms with Gasteiger partial charge in [-0.15, -0.1) is 12.4 Å². The van der Waals surface area contributed by atoms with Crippen LogP contribution in [-0.4, -0.2) is 27.3 Å². The molecule has 2 N–H and O–H groups in total. The van der Waals surface area contributed by atoms with E-state index in [-0.39, 0.29) is 25.1 Å². The van der Waals surface area contributed by atoms with Crippen molar-refractivity contribution in [3.63, 3.8) is 0 Å². The summed E-state index contributed by atoms with van der Waals surface area (Å²) in [7, 11) is -3.30. The van der Waals surface area contributed by atoms with E-state index in [1.165, 1.54) is 0 Å². The Balaban J connectivity index is 0. The maximum absolute atomic E-state index is 10.3. The number of nitrogens with two attached hydrogens (primary N) is 1. The molecule has 0 fully saturated rings. The van der Waals surface area contributed by atoms with Crippen molar-refractivity contribution in [2.75, 3.05) is 12.9 Å². The fourth-order valence-corrected chi connectivity index (χ4v) is 0.693. The Morgan fingerprint density at radius 3 is 2.10 bits per heavy atom. The molecule has 0 aliphatic carbocycles. The van der Waals surface area contributed by atoms with Crippen LogP contribution in [0.3, 0.4) is 0 Å². The van der Waals surface area contributed by atoms with Gasteiger partial charge >= 0.3 is 0 Å². The Morgan fingerprint density at radius 1 is 1.60 bits per heavy atom. The summed E-state index contributed by atoms with van der Waals surface area (Å²) in [4.78, 5) is 0. The van der Waals surface area contributed by atoms with E-state index in [9.17, 15) is 8.42 Å². The highest BCUT2D eigenvalue weighted by Gasteiger charge is 2.02. The van der Waals surface area contributed by atoms with Gasteiger partial charge in [0.05, 0.1) is 12.9 Å². The molecule has 0 aliphatic rings. The highest BCUT2D eigenvalue weighted by Crippen LogP contribution is 1.86. The lowest BCUT2D eigenvalue weighted by Crippen LogP contribution is -2.23. The van der Waals surface area contributed by atoms with Crippen LogP contribution in [0.1, 0.15) is 6.92 Å². The molecule has 0 aromatic rings. The molecule has 0 radical (unpaired) electrons. The van der Waals surface area contributed by atoms with E-state index < -0.39 is 10.1 Å². The molecule has 0 aromatic carbocycles. The minimum atomic E-state index is -3.30. The number of rotatable bonds is 3. The van der Waals surface area contributed by atoms with Gasteiger partial charge in [-0.05, 0) is 6.92 Å². The summed E-state index contributed by atoms with van der Waals surface area (Å²) in [6.45, 7) is 1.73. The Labute approximate surface area is 67.3 Å². The second kappa shape index (κ2) is 4.90. The van der Waals surface area contributed by atoms with E-state index in [1.807, 2.05) is 0 Å². The van der Waals surface area contributed by atoms with Crippen molar-refractivity contribution < 1.29 is 12.6 Å². The van der Waals surface area contributed by atoms with Crippen LogP contribution < -0.4 is 5.73 Å². The molecule has 0 aromatic heterocycles. The van der Waals surface area contributed by atoms with Gasteiger partial charge in [0.25, 0.3) is 10.1 Å². The molecule has 0 amide bonds. The standard InChI is InChI=1S/C4H11NO3S.ClH/c1-4(5)3-8-9(2,6)7;/h4H,3,5H2,1-2H3;1H/t4-;/m0./s1. The minimum Gasteiger partial charge on any atom is -0.326 e. The fourth-order valence-electron chi connectivity index (χ4n) is 0.231. The topological polar surface area (TPSA) is 69.4 Å². The lowest BCUT2D eigenvalue weighted by Gasteiger charge is -2.02. The first-order chi connectivity index (χ1) is 3.92. The van der Waals surface area contributed by atoms with E-state index >= 15 is 0 Å². The lowest BCUT2D eigenvalue weighted by atomic mass is 10.4. The van der Waals surface area contributed by atoms with Crippen molar-refractivity contribution >= 4 is 22.5 Å². The van der Waals surface area contributed by atoms with Gasteiger partial charge in [-0.2, -0.15) is 8.42 Å². The molecule has 0 rings (SSSR count). The Hall–Kier alpha value is 0.160. The van der Waals surface area contributed by atoms with Gasteiger partial charge in [0.1, 0.15) is 0 Å². The minimum absolute atomic E-state index is 0. The molecular weight excluding hydrogens is 178 g/mol. The van der Waals surface area contributed by atoms with Crippen LogP contribution in [0.2, 0.25) is 0 Å². The van der Waals surface area contributed by atoms with E-state index in [1.54, 1.807) is 6.92 Å². The molecule has 0 aliphatic heterocycles. The SMILES string of the molecule is C[C@H](N)COS(C)(=O)=O.Cl. The van der Waals surface area contributed by atoms with Crippen molar-refractivity contribution in [2.45, 2.75) is 13.0 Å². The Bertz CT molecular complexity index is 165. The van der Waals surface area contributed by atoms with Crippen LogP contribution >= 0.6 is 12.4 Å². The monoisotopic (exact) mass is 189 g/mol. The molecular formula is C4H12ClNO3S. The molecule has 0 bridgehead atoms. The van der Waals surface area contributed by atoms with Gasteiger partial charge in [-0.1, -0.05) is 0 Å². The third-order valence-corrected chi connectivity index (χ3v) is 1.11. The first kappa shape index (κ1) is 12.8. The summed E-state index contributed by atoms with van der Waals surface area (Å²) in [6, 6.07) is -0.236. The van der Waals surface area contributed by atoms with Gasteiger partial charge in [0.2, 0.25) is 0 Å². The zero-order chi connectivity index (χ0) is 7.49. The summed E-state index contributed by atoms with van der Waals surface area (Å²) in [5.74, 6) is 0. The molecule has 0 unspecified atom stereocenters. The maximum Gasteiger partial charge on any atom is 0.264 e. The second-order valence-corrected chi connectivity index (χ2v) is 3.61. The summed E-state index contributed by atoms with van der Waals surface area (Å²) >= 11 is 0. The van der Waals surface area contributed by atoms with Gasteiger partial charge in [-0.3, -0.25) is 4.18 Å². The zero-order valence-electron chi connectivity index (χ0n) is 5.90. The van der Waals surface area contributed by atoms with Gasteiger partial charge in [0.15, 0.2) is 0 Å². The maximum atomic E-state index is 10.3. The molecule has 10 heavy (non-hydrogen) atoms. The second-order valence-electron chi connectivity index (χ2n) is 1.97. The van der Waals surface area contributed by atoms with E-state index in [2.05, 4.69) is 4.18 Å². The van der Waals surface area contributed by atoms with Crippen LogP contribution in [0, 0.1) is 0 Å². The molecule has 0 spiro atoms. The van der Waals surface area contributed by atoms with E-state index in [0.717, 1.165) is 6.26 Å². The van der Waals surface area contributed by atoms with Crippen LogP contribution in [0.25, 0.3) is 0 Å². The lowest BCUT2D eigenvalue weighted by molar-refractivity contribution is 0.302. The first-order valence-corrected chi connectivity index (χ1v) is 4.33. The number of hydrogen-bond donors (Lipinski definition) is 1. The predicted molar refractivity (Wildman–Crippen MR) is 41.7 cm³/mol. The third kappa shape index (κ3) is 11.0. The molecule has 0 saturated carbocycles. The normalized spacial score (nSPS) is 13.9. The van der Waals surface area contributed by atoms with Crippen LogP contribution in [0.5, 0.6) is 0 Å². The van der Waals surface area contributed by atoms with Crippen molar-refractivity contribution in [1.29, 1.82) is 0 Å². The molecule has 64 valence electrons. The van der Waals surface area contributed by atoms with Gasteiger partial charge in [0, 0.05) is 6.04 Å². The Morgan fingerprint density at radius 2 is 2.00 bits per heavy atom. The summed E-state index contributed by atoms with van der Waals surface area (Å²) in [6.07, 6.45) is 0.995.